The fraction of sp³-hybridized carbons (Fsp3) is 0.417. The predicted molar refractivity (Wildman–Crippen MR) is 61.7 cm³/mol. The zero-order valence-electron chi connectivity index (χ0n) is 9.62. The molecule has 2 rings (SSSR count). The first-order valence-electron chi connectivity index (χ1n) is 5.36. The maximum Gasteiger partial charge on any atom is 0.253 e. The standard InChI is InChI=1S/C12H16N2O2/c1-14(2)12(15)9-3-4-11-10(7-9)8-13-5-6-16-11/h3-4,7,13H,5-6,8H2,1-2H3. The van der Waals surface area contributed by atoms with E-state index in [0.717, 1.165) is 24.4 Å². The van der Waals surface area contributed by atoms with Gasteiger partial charge in [0.1, 0.15) is 12.4 Å². The van der Waals surface area contributed by atoms with Gasteiger partial charge in [-0.1, -0.05) is 0 Å². The third-order valence-corrected chi connectivity index (χ3v) is 2.57. The van der Waals surface area contributed by atoms with Gasteiger partial charge in [-0.05, 0) is 18.2 Å². The van der Waals surface area contributed by atoms with E-state index in [2.05, 4.69) is 5.32 Å². The Morgan fingerprint density at radius 2 is 2.25 bits per heavy atom. The summed E-state index contributed by atoms with van der Waals surface area (Å²) in [6.45, 7) is 2.27. The molecule has 0 spiro atoms. The van der Waals surface area contributed by atoms with Crippen LogP contribution in [-0.4, -0.2) is 38.1 Å². The van der Waals surface area contributed by atoms with Crippen LogP contribution in [0.2, 0.25) is 0 Å². The summed E-state index contributed by atoms with van der Waals surface area (Å²) in [5.41, 5.74) is 1.75. The molecule has 0 aliphatic carbocycles. The molecule has 0 aromatic heterocycles. The lowest BCUT2D eigenvalue weighted by Gasteiger charge is -2.12. The number of fused-ring (bicyclic) bond motifs is 1. The zero-order chi connectivity index (χ0) is 11.5. The number of rotatable bonds is 1. The van der Waals surface area contributed by atoms with Gasteiger partial charge >= 0.3 is 0 Å². The van der Waals surface area contributed by atoms with Crippen molar-refractivity contribution in [3.8, 4) is 5.75 Å². The van der Waals surface area contributed by atoms with Crippen molar-refractivity contribution in [1.82, 2.24) is 10.2 Å². The minimum atomic E-state index is 0.0204. The van der Waals surface area contributed by atoms with Crippen LogP contribution in [0.3, 0.4) is 0 Å². The lowest BCUT2D eigenvalue weighted by Crippen LogP contribution is -2.22. The van der Waals surface area contributed by atoms with Crippen molar-refractivity contribution in [2.75, 3.05) is 27.2 Å². The van der Waals surface area contributed by atoms with Gasteiger partial charge in [-0.25, -0.2) is 0 Å². The molecule has 0 saturated heterocycles. The average Bonchev–Trinajstić information content (AvgIpc) is 2.51. The third-order valence-electron chi connectivity index (χ3n) is 2.57. The Morgan fingerprint density at radius 1 is 1.44 bits per heavy atom. The van der Waals surface area contributed by atoms with Crippen LogP contribution in [0.4, 0.5) is 0 Å². The lowest BCUT2D eigenvalue weighted by molar-refractivity contribution is 0.0827. The van der Waals surface area contributed by atoms with Gasteiger partial charge in [0, 0.05) is 38.3 Å². The van der Waals surface area contributed by atoms with Crippen LogP contribution in [0.1, 0.15) is 15.9 Å². The number of amides is 1. The first-order chi connectivity index (χ1) is 7.68. The van der Waals surface area contributed by atoms with Crippen LogP contribution >= 0.6 is 0 Å². The van der Waals surface area contributed by atoms with Crippen LogP contribution in [0.15, 0.2) is 18.2 Å². The highest BCUT2D eigenvalue weighted by molar-refractivity contribution is 5.94. The molecule has 1 aliphatic heterocycles. The Labute approximate surface area is 95.2 Å². The topological polar surface area (TPSA) is 41.6 Å². The summed E-state index contributed by atoms with van der Waals surface area (Å²) in [5, 5.41) is 3.25. The summed E-state index contributed by atoms with van der Waals surface area (Å²) in [6, 6.07) is 5.58. The van der Waals surface area contributed by atoms with Gasteiger partial charge in [-0.3, -0.25) is 4.79 Å². The number of carbonyl (C=O) groups is 1. The first kappa shape index (κ1) is 11.0. The molecular formula is C12H16N2O2. The number of benzene rings is 1. The number of hydrogen-bond donors (Lipinski definition) is 1. The summed E-state index contributed by atoms with van der Waals surface area (Å²) in [5.74, 6) is 0.896. The van der Waals surface area contributed by atoms with E-state index in [0.29, 0.717) is 12.2 Å². The molecule has 4 nitrogen and oxygen atoms in total. The average molecular weight is 220 g/mol. The Balaban J connectivity index is 2.30. The molecule has 1 aliphatic rings. The largest absolute Gasteiger partial charge is 0.492 e. The normalized spacial score (nSPS) is 14.6. The van der Waals surface area contributed by atoms with Gasteiger partial charge in [0.15, 0.2) is 0 Å². The Kier molecular flexibility index (Phi) is 3.10. The zero-order valence-corrected chi connectivity index (χ0v) is 9.62. The minimum Gasteiger partial charge on any atom is -0.492 e. The fourth-order valence-corrected chi connectivity index (χ4v) is 1.71. The van der Waals surface area contributed by atoms with E-state index in [-0.39, 0.29) is 5.91 Å². The molecule has 86 valence electrons. The Morgan fingerprint density at radius 3 is 3.00 bits per heavy atom. The highest BCUT2D eigenvalue weighted by atomic mass is 16.5. The third kappa shape index (κ3) is 2.17. The van der Waals surface area contributed by atoms with Gasteiger partial charge < -0.3 is 15.0 Å². The van der Waals surface area contributed by atoms with E-state index in [1.54, 1.807) is 19.0 Å². The second kappa shape index (κ2) is 4.53. The summed E-state index contributed by atoms with van der Waals surface area (Å²) in [4.78, 5) is 13.4. The molecule has 0 atom stereocenters. The summed E-state index contributed by atoms with van der Waals surface area (Å²) in [6.07, 6.45) is 0. The van der Waals surface area contributed by atoms with Crippen LogP contribution in [0.5, 0.6) is 5.75 Å². The molecule has 1 aromatic rings. The molecule has 1 heterocycles. The van der Waals surface area contributed by atoms with E-state index in [1.165, 1.54) is 0 Å². The molecule has 0 saturated carbocycles. The fourth-order valence-electron chi connectivity index (χ4n) is 1.71. The van der Waals surface area contributed by atoms with Crippen LogP contribution < -0.4 is 10.1 Å². The highest BCUT2D eigenvalue weighted by Crippen LogP contribution is 2.22. The SMILES string of the molecule is CN(C)C(=O)c1ccc2c(c1)CNCCO2. The van der Waals surface area contributed by atoms with E-state index in [1.807, 2.05) is 18.2 Å². The van der Waals surface area contributed by atoms with Crippen LogP contribution in [0, 0.1) is 0 Å². The van der Waals surface area contributed by atoms with Crippen molar-refractivity contribution in [3.63, 3.8) is 0 Å². The highest BCUT2D eigenvalue weighted by Gasteiger charge is 2.13. The number of nitrogens with zero attached hydrogens (tertiary/aromatic N) is 1. The van der Waals surface area contributed by atoms with E-state index in [9.17, 15) is 4.79 Å². The molecule has 0 unspecified atom stereocenters. The molecule has 4 heteroatoms. The second-order valence-electron chi connectivity index (χ2n) is 4.05. The van der Waals surface area contributed by atoms with Crippen molar-refractivity contribution in [2.24, 2.45) is 0 Å². The van der Waals surface area contributed by atoms with E-state index in [4.69, 9.17) is 4.74 Å². The van der Waals surface area contributed by atoms with Crippen LogP contribution in [-0.2, 0) is 6.54 Å². The Hall–Kier alpha value is -1.55. The summed E-state index contributed by atoms with van der Waals surface area (Å²) in [7, 11) is 3.51. The van der Waals surface area contributed by atoms with Gasteiger partial charge in [0.2, 0.25) is 0 Å². The van der Waals surface area contributed by atoms with Crippen molar-refractivity contribution in [2.45, 2.75) is 6.54 Å². The van der Waals surface area contributed by atoms with E-state index < -0.39 is 0 Å². The number of hydrogen-bond acceptors (Lipinski definition) is 3. The monoisotopic (exact) mass is 220 g/mol. The van der Waals surface area contributed by atoms with E-state index >= 15 is 0 Å². The van der Waals surface area contributed by atoms with Gasteiger partial charge in [-0.2, -0.15) is 0 Å². The second-order valence-corrected chi connectivity index (χ2v) is 4.05. The lowest BCUT2D eigenvalue weighted by atomic mass is 10.1. The van der Waals surface area contributed by atoms with Crippen LogP contribution in [0.25, 0.3) is 0 Å². The molecule has 16 heavy (non-hydrogen) atoms. The van der Waals surface area contributed by atoms with Gasteiger partial charge in [-0.15, -0.1) is 0 Å². The summed E-state index contributed by atoms with van der Waals surface area (Å²) < 4.78 is 5.56. The van der Waals surface area contributed by atoms with Gasteiger partial charge in [0.25, 0.3) is 5.91 Å². The van der Waals surface area contributed by atoms with Gasteiger partial charge in [0.05, 0.1) is 0 Å². The number of carbonyl (C=O) groups excluding carboxylic acids is 1. The van der Waals surface area contributed by atoms with Crippen molar-refractivity contribution in [1.29, 1.82) is 0 Å². The van der Waals surface area contributed by atoms with Crippen molar-refractivity contribution < 1.29 is 9.53 Å². The molecule has 0 radical (unpaired) electrons. The quantitative estimate of drug-likeness (QED) is 0.763. The smallest absolute Gasteiger partial charge is 0.253 e. The van der Waals surface area contributed by atoms with Crippen molar-refractivity contribution in [3.05, 3.63) is 29.3 Å². The predicted octanol–water partition coefficient (Wildman–Crippen LogP) is 0.870. The van der Waals surface area contributed by atoms with Crippen molar-refractivity contribution >= 4 is 5.91 Å². The molecule has 1 N–H and O–H groups in total. The number of ether oxygens (including phenoxy) is 1. The Bertz CT molecular complexity index is 402. The molecule has 0 fully saturated rings. The number of nitrogens with one attached hydrogen (secondary N) is 1. The molecular weight excluding hydrogens is 204 g/mol. The maximum atomic E-state index is 11.8. The molecule has 1 amide bonds. The molecule has 0 bridgehead atoms. The molecule has 1 aromatic carbocycles. The first-order valence-corrected chi connectivity index (χ1v) is 5.36. The maximum absolute atomic E-state index is 11.8. The minimum absolute atomic E-state index is 0.0204. The summed E-state index contributed by atoms with van der Waals surface area (Å²) >= 11 is 0.